The number of aryl methyl sites for hydroxylation is 1. The topological polar surface area (TPSA) is 90.4 Å². The van der Waals surface area contributed by atoms with Crippen LogP contribution in [0.4, 0.5) is 5.69 Å². The molecule has 1 spiro atoms. The Hall–Kier alpha value is -3.46. The number of hydrogen-bond acceptors (Lipinski definition) is 5. The van der Waals surface area contributed by atoms with E-state index >= 15 is 0 Å². The summed E-state index contributed by atoms with van der Waals surface area (Å²) in [6, 6.07) is 14.0. The van der Waals surface area contributed by atoms with Gasteiger partial charge in [0.2, 0.25) is 11.8 Å². The van der Waals surface area contributed by atoms with Gasteiger partial charge in [0.15, 0.2) is 0 Å². The smallest absolute Gasteiger partial charge is 0.253 e. The Bertz CT molecular complexity index is 1380. The molecule has 2 bridgehead atoms. The number of β-amino-alcohol motifs (C(OH)–C–C–N with tert-alkyl or cyclic N) is 1. The summed E-state index contributed by atoms with van der Waals surface area (Å²) in [6.07, 6.45) is 4.24. The zero-order chi connectivity index (χ0) is 30.2. The fourth-order valence-corrected chi connectivity index (χ4v) is 7.68. The first-order valence-electron chi connectivity index (χ1n) is 14.4. The number of nitrogens with zero attached hydrogens (tertiary/aromatic N) is 3. The van der Waals surface area contributed by atoms with Crippen LogP contribution in [-0.4, -0.2) is 76.1 Å². The minimum absolute atomic E-state index is 0.0572. The molecule has 222 valence electrons. The highest BCUT2D eigenvalue weighted by Gasteiger charge is 2.78. The number of amides is 3. The molecule has 2 aromatic carbocycles. The molecule has 3 aliphatic rings. The number of rotatable bonds is 11. The van der Waals surface area contributed by atoms with Gasteiger partial charge in [0, 0.05) is 26.2 Å². The van der Waals surface area contributed by atoms with Crippen molar-refractivity contribution in [1.29, 1.82) is 0 Å². The number of benzene rings is 2. The second-order valence-electron chi connectivity index (χ2n) is 11.6. The van der Waals surface area contributed by atoms with Crippen molar-refractivity contribution in [2.45, 2.75) is 50.5 Å². The van der Waals surface area contributed by atoms with Gasteiger partial charge in [-0.15, -0.1) is 13.2 Å². The summed E-state index contributed by atoms with van der Waals surface area (Å²) >= 11 is 6.60. The molecule has 5 rings (SSSR count). The molecule has 0 radical (unpaired) electrons. The number of anilines is 1. The summed E-state index contributed by atoms with van der Waals surface area (Å²) in [4.78, 5) is 47.9. The highest BCUT2D eigenvalue weighted by molar-refractivity contribution is 6.34. The highest BCUT2D eigenvalue weighted by atomic mass is 35.5. The third-order valence-electron chi connectivity index (χ3n) is 9.03. The summed E-state index contributed by atoms with van der Waals surface area (Å²) in [7, 11) is 0. The largest absolute Gasteiger partial charge is 0.395 e. The van der Waals surface area contributed by atoms with Crippen LogP contribution in [0.15, 0.2) is 73.8 Å². The number of likely N-dealkylation sites (tertiary alicyclic amines) is 1. The molecule has 3 heterocycles. The minimum atomic E-state index is -1.22. The lowest BCUT2D eigenvalue weighted by atomic mass is 9.66. The number of aliphatic hydroxyl groups is 1. The van der Waals surface area contributed by atoms with Gasteiger partial charge in [-0.05, 0) is 43.9 Å². The van der Waals surface area contributed by atoms with E-state index in [1.54, 1.807) is 23.1 Å². The van der Waals surface area contributed by atoms with Crippen LogP contribution in [0, 0.1) is 18.8 Å². The number of fused-ring (bicyclic) bond motifs is 1. The highest BCUT2D eigenvalue weighted by Crippen LogP contribution is 2.63. The number of hydrogen-bond donors (Lipinski definition) is 1. The Labute approximate surface area is 252 Å². The molecule has 8 nitrogen and oxygen atoms in total. The van der Waals surface area contributed by atoms with E-state index in [2.05, 4.69) is 13.2 Å². The quantitative estimate of drug-likeness (QED) is 0.397. The van der Waals surface area contributed by atoms with Crippen molar-refractivity contribution in [3.63, 3.8) is 0 Å². The van der Waals surface area contributed by atoms with E-state index < -0.39 is 29.1 Å². The number of ether oxygens (including phenoxy) is 1. The van der Waals surface area contributed by atoms with Gasteiger partial charge in [0.05, 0.1) is 34.8 Å². The average Bonchev–Trinajstić information content (AvgIpc) is 3.53. The second-order valence-corrected chi connectivity index (χ2v) is 12.0. The van der Waals surface area contributed by atoms with Gasteiger partial charge in [0.1, 0.15) is 11.6 Å². The van der Waals surface area contributed by atoms with Crippen molar-refractivity contribution in [3.8, 4) is 0 Å². The van der Waals surface area contributed by atoms with Gasteiger partial charge in [-0.2, -0.15) is 0 Å². The Balaban J connectivity index is 1.57. The predicted molar refractivity (Wildman–Crippen MR) is 162 cm³/mol. The monoisotopic (exact) mass is 591 g/mol. The predicted octanol–water partition coefficient (Wildman–Crippen LogP) is 4.14. The summed E-state index contributed by atoms with van der Waals surface area (Å²) < 4.78 is 6.77. The standard InChI is InChI=1S/C33H38ClN3O5/c1-5-17-35(21-23-12-8-7-9-13-23)29(39)25-26-30(40)37(19-20-38)28(33(26)16-15-32(25,4)42-33)31(41)36(18-6-2)27-22(3)11-10-14-24(27)34/h5-14,25-26,28,38H,1-2,15-21H2,3-4H3/t25-,26+,28?,32+,33?/m1/s1. The van der Waals surface area contributed by atoms with Crippen LogP contribution in [0.1, 0.15) is 30.9 Å². The van der Waals surface area contributed by atoms with Crippen molar-refractivity contribution in [2.75, 3.05) is 31.1 Å². The molecule has 0 aromatic heterocycles. The molecule has 3 fully saturated rings. The first kappa shape index (κ1) is 30.0. The van der Waals surface area contributed by atoms with Crippen molar-refractivity contribution in [2.24, 2.45) is 11.8 Å². The van der Waals surface area contributed by atoms with Gasteiger partial charge in [-0.25, -0.2) is 0 Å². The summed E-state index contributed by atoms with van der Waals surface area (Å²) in [5, 5.41) is 10.4. The van der Waals surface area contributed by atoms with Crippen LogP contribution >= 0.6 is 11.6 Å². The SMILES string of the molecule is C=CCN(Cc1ccccc1)C(=O)[C@H]1[C@H]2C(=O)N(CCO)C(C(=O)N(CC=C)c3c(C)cccc3Cl)C23CC[C@]1(C)O3. The Morgan fingerprint density at radius 1 is 1.10 bits per heavy atom. The normalized spacial score (nSPS) is 27.6. The molecule has 42 heavy (non-hydrogen) atoms. The van der Waals surface area contributed by atoms with E-state index in [4.69, 9.17) is 16.3 Å². The van der Waals surface area contributed by atoms with Gasteiger partial charge in [-0.1, -0.05) is 66.2 Å². The molecule has 2 aromatic rings. The van der Waals surface area contributed by atoms with E-state index in [0.29, 0.717) is 36.6 Å². The van der Waals surface area contributed by atoms with Crippen LogP contribution in [0.2, 0.25) is 5.02 Å². The van der Waals surface area contributed by atoms with Crippen molar-refractivity contribution in [3.05, 3.63) is 90.0 Å². The fourth-order valence-electron chi connectivity index (χ4n) is 7.35. The van der Waals surface area contributed by atoms with Gasteiger partial charge >= 0.3 is 0 Å². The second kappa shape index (κ2) is 11.7. The van der Waals surface area contributed by atoms with E-state index in [1.165, 1.54) is 9.80 Å². The van der Waals surface area contributed by atoms with Crippen LogP contribution in [0.3, 0.4) is 0 Å². The molecule has 3 amide bonds. The molecule has 9 heteroatoms. The third kappa shape index (κ3) is 4.75. The minimum Gasteiger partial charge on any atom is -0.395 e. The average molecular weight is 592 g/mol. The first-order chi connectivity index (χ1) is 20.1. The summed E-state index contributed by atoms with van der Waals surface area (Å²) in [6.45, 7) is 11.9. The zero-order valence-corrected chi connectivity index (χ0v) is 24.9. The Morgan fingerprint density at radius 2 is 1.81 bits per heavy atom. The van der Waals surface area contributed by atoms with Crippen LogP contribution < -0.4 is 4.90 Å². The van der Waals surface area contributed by atoms with Crippen molar-refractivity contribution in [1.82, 2.24) is 9.80 Å². The Kier molecular flexibility index (Phi) is 8.34. The summed E-state index contributed by atoms with van der Waals surface area (Å²) in [5.74, 6) is -2.60. The van der Waals surface area contributed by atoms with E-state index in [-0.39, 0.29) is 37.4 Å². The number of aliphatic hydroxyl groups excluding tert-OH is 1. The van der Waals surface area contributed by atoms with Gasteiger partial charge in [0.25, 0.3) is 5.91 Å². The molecule has 2 unspecified atom stereocenters. The maximum absolute atomic E-state index is 14.6. The first-order valence-corrected chi connectivity index (χ1v) is 14.7. The molecule has 0 saturated carbocycles. The van der Waals surface area contributed by atoms with Crippen molar-refractivity contribution >= 4 is 35.0 Å². The molecular formula is C33H38ClN3O5. The zero-order valence-electron chi connectivity index (χ0n) is 24.2. The molecule has 3 aliphatic heterocycles. The van der Waals surface area contributed by atoms with Gasteiger partial charge in [-0.3, -0.25) is 14.4 Å². The summed E-state index contributed by atoms with van der Waals surface area (Å²) in [5.41, 5.74) is 0.134. The molecule has 5 atom stereocenters. The maximum atomic E-state index is 14.6. The molecule has 3 saturated heterocycles. The lowest BCUT2D eigenvalue weighted by Gasteiger charge is -2.37. The van der Waals surface area contributed by atoms with E-state index in [0.717, 1.165) is 11.1 Å². The maximum Gasteiger partial charge on any atom is 0.253 e. The Morgan fingerprint density at radius 3 is 2.45 bits per heavy atom. The number of carbonyl (C=O) groups is 3. The third-order valence-corrected chi connectivity index (χ3v) is 9.34. The van der Waals surface area contributed by atoms with Crippen molar-refractivity contribution < 1.29 is 24.2 Å². The lowest BCUT2D eigenvalue weighted by Crippen LogP contribution is -2.57. The van der Waals surface area contributed by atoms with E-state index in [9.17, 15) is 19.5 Å². The molecular weight excluding hydrogens is 554 g/mol. The number of para-hydroxylation sites is 1. The van der Waals surface area contributed by atoms with Crippen LogP contribution in [0.5, 0.6) is 0 Å². The molecule has 0 aliphatic carbocycles. The number of halogens is 1. The lowest BCUT2D eigenvalue weighted by molar-refractivity contribution is -0.150. The van der Waals surface area contributed by atoms with Crippen LogP contribution in [-0.2, 0) is 25.7 Å². The molecule has 1 N–H and O–H groups in total. The number of carbonyl (C=O) groups excluding carboxylic acids is 3. The fraction of sp³-hybridized carbons (Fsp3) is 0.424. The van der Waals surface area contributed by atoms with Gasteiger partial charge < -0.3 is 24.5 Å². The van der Waals surface area contributed by atoms with E-state index in [1.807, 2.05) is 56.3 Å². The van der Waals surface area contributed by atoms with Crippen LogP contribution in [0.25, 0.3) is 0 Å².